The zero-order valence-electron chi connectivity index (χ0n) is 16.2. The van der Waals surface area contributed by atoms with E-state index in [9.17, 15) is 9.59 Å². The fourth-order valence-electron chi connectivity index (χ4n) is 2.40. The van der Waals surface area contributed by atoms with Gasteiger partial charge < -0.3 is 14.4 Å². The quantitative estimate of drug-likeness (QED) is 0.527. The lowest BCUT2D eigenvalue weighted by atomic mass is 10.0. The zero-order valence-corrected chi connectivity index (χ0v) is 16.2. The first-order valence-electron chi connectivity index (χ1n) is 8.80. The third-order valence-corrected chi connectivity index (χ3v) is 3.96. The predicted octanol–water partition coefficient (Wildman–Crippen LogP) is 3.76. The molecule has 5 heteroatoms. The molecule has 0 heterocycles. The van der Waals surface area contributed by atoms with Gasteiger partial charge in [-0.3, -0.25) is 9.59 Å². The minimum Gasteiger partial charge on any atom is -0.490 e. The number of ether oxygens (including phenoxy) is 2. The summed E-state index contributed by atoms with van der Waals surface area (Å²) in [5, 5.41) is 0. The fraction of sp³-hybridized carbons (Fsp3) is 0.273. The van der Waals surface area contributed by atoms with Crippen LogP contribution in [0.3, 0.4) is 0 Å². The van der Waals surface area contributed by atoms with Crippen molar-refractivity contribution in [2.75, 3.05) is 27.3 Å². The van der Waals surface area contributed by atoms with Gasteiger partial charge in [-0.2, -0.15) is 0 Å². The number of likely N-dealkylation sites (N-methyl/N-ethyl adjacent to an activating group) is 1. The number of allylic oxidation sites excluding steroid dienone is 1. The van der Waals surface area contributed by atoms with Gasteiger partial charge in [-0.25, -0.2) is 0 Å². The van der Waals surface area contributed by atoms with E-state index in [1.54, 1.807) is 38.4 Å². The molecule has 0 aromatic heterocycles. The largest absolute Gasteiger partial charge is 0.490 e. The van der Waals surface area contributed by atoms with E-state index < -0.39 is 0 Å². The number of amides is 1. The molecule has 0 aliphatic carbocycles. The number of carbonyl (C=O) groups is 2. The van der Waals surface area contributed by atoms with Crippen LogP contribution in [-0.2, 0) is 4.79 Å². The molecule has 5 nitrogen and oxygen atoms in total. The molecule has 0 spiro atoms. The normalized spacial score (nSPS) is 10.7. The molecule has 0 atom stereocenters. The average molecular weight is 367 g/mol. The molecule has 0 aliphatic rings. The number of hydrogen-bond acceptors (Lipinski definition) is 4. The second-order valence-corrected chi connectivity index (χ2v) is 6.23. The van der Waals surface area contributed by atoms with E-state index >= 15 is 0 Å². The Morgan fingerprint density at radius 3 is 2.44 bits per heavy atom. The van der Waals surface area contributed by atoms with Crippen molar-refractivity contribution in [1.29, 1.82) is 0 Å². The zero-order chi connectivity index (χ0) is 19.8. The van der Waals surface area contributed by atoms with Gasteiger partial charge in [0.1, 0.15) is 0 Å². The Labute approximate surface area is 160 Å². The molecule has 0 saturated carbocycles. The predicted molar refractivity (Wildman–Crippen MR) is 106 cm³/mol. The van der Waals surface area contributed by atoms with Crippen LogP contribution >= 0.6 is 0 Å². The highest BCUT2D eigenvalue weighted by Gasteiger charge is 2.10. The summed E-state index contributed by atoms with van der Waals surface area (Å²) in [5.74, 6) is 0.845. The Balaban J connectivity index is 2.16. The number of nitrogens with zero attached hydrogens (tertiary/aromatic N) is 1. The van der Waals surface area contributed by atoms with Crippen molar-refractivity contribution < 1.29 is 19.1 Å². The molecule has 142 valence electrons. The number of aryl methyl sites for hydroxylation is 1. The molecule has 2 rings (SSSR count). The van der Waals surface area contributed by atoms with Crippen LogP contribution < -0.4 is 9.47 Å². The van der Waals surface area contributed by atoms with Gasteiger partial charge in [0.25, 0.3) is 5.91 Å². The van der Waals surface area contributed by atoms with E-state index in [2.05, 4.69) is 0 Å². The molecule has 0 saturated heterocycles. The van der Waals surface area contributed by atoms with Crippen LogP contribution in [0, 0.1) is 6.92 Å². The van der Waals surface area contributed by atoms with Crippen molar-refractivity contribution in [3.8, 4) is 11.5 Å². The summed E-state index contributed by atoms with van der Waals surface area (Å²) in [5.41, 5.74) is 2.43. The SMILES string of the molecule is CCOc1cc(C=CC(=O)c2ccccc2C)ccc1OCC(=O)N(C)C. The Kier molecular flexibility index (Phi) is 7.17. The summed E-state index contributed by atoms with van der Waals surface area (Å²) in [6, 6.07) is 12.8. The van der Waals surface area contributed by atoms with Gasteiger partial charge in [-0.1, -0.05) is 36.4 Å². The molecular formula is C22H25NO4. The van der Waals surface area contributed by atoms with E-state index in [4.69, 9.17) is 9.47 Å². The van der Waals surface area contributed by atoms with Crippen molar-refractivity contribution in [1.82, 2.24) is 4.90 Å². The summed E-state index contributed by atoms with van der Waals surface area (Å²) in [7, 11) is 3.35. The second-order valence-electron chi connectivity index (χ2n) is 6.23. The number of benzene rings is 2. The van der Waals surface area contributed by atoms with Gasteiger partial charge in [-0.15, -0.1) is 0 Å². The molecule has 0 aliphatic heterocycles. The molecule has 27 heavy (non-hydrogen) atoms. The van der Waals surface area contributed by atoms with Gasteiger partial charge in [0, 0.05) is 19.7 Å². The van der Waals surface area contributed by atoms with Crippen LogP contribution in [-0.4, -0.2) is 43.9 Å². The lowest BCUT2D eigenvalue weighted by Crippen LogP contribution is -2.27. The van der Waals surface area contributed by atoms with Gasteiger partial charge in [0.2, 0.25) is 0 Å². The molecule has 1 amide bonds. The van der Waals surface area contributed by atoms with Crippen molar-refractivity contribution in [3.63, 3.8) is 0 Å². The summed E-state index contributed by atoms with van der Waals surface area (Å²) in [4.78, 5) is 25.5. The first-order valence-corrected chi connectivity index (χ1v) is 8.80. The highest BCUT2D eigenvalue weighted by molar-refractivity contribution is 6.07. The lowest BCUT2D eigenvalue weighted by molar-refractivity contribution is -0.130. The Bertz CT molecular complexity index is 840. The molecule has 2 aromatic rings. The van der Waals surface area contributed by atoms with Crippen LogP contribution in [0.25, 0.3) is 6.08 Å². The smallest absolute Gasteiger partial charge is 0.259 e. The third kappa shape index (κ3) is 5.71. The third-order valence-electron chi connectivity index (χ3n) is 3.96. The topological polar surface area (TPSA) is 55.8 Å². The van der Waals surface area contributed by atoms with Crippen LogP contribution in [0.2, 0.25) is 0 Å². The van der Waals surface area contributed by atoms with Gasteiger partial charge in [-0.05, 0) is 43.2 Å². The minimum atomic E-state index is -0.134. The summed E-state index contributed by atoms with van der Waals surface area (Å²) < 4.78 is 11.2. The molecule has 0 N–H and O–H groups in total. The van der Waals surface area contributed by atoms with Crippen molar-refractivity contribution in [2.24, 2.45) is 0 Å². The standard InChI is InChI=1S/C22H25NO4/c1-5-26-21-14-17(11-13-20(21)27-15-22(25)23(3)4)10-12-19(24)18-9-7-6-8-16(18)2/h6-14H,5,15H2,1-4H3. The van der Waals surface area contributed by atoms with E-state index in [0.717, 1.165) is 11.1 Å². The molecule has 0 unspecified atom stereocenters. The van der Waals surface area contributed by atoms with E-state index in [-0.39, 0.29) is 18.3 Å². The van der Waals surface area contributed by atoms with E-state index in [1.807, 2.05) is 44.2 Å². The van der Waals surface area contributed by atoms with Crippen molar-refractivity contribution in [2.45, 2.75) is 13.8 Å². The van der Waals surface area contributed by atoms with E-state index in [0.29, 0.717) is 23.7 Å². The molecule has 2 aromatic carbocycles. The van der Waals surface area contributed by atoms with E-state index in [1.165, 1.54) is 4.90 Å². The maximum Gasteiger partial charge on any atom is 0.259 e. The van der Waals surface area contributed by atoms with Crippen molar-refractivity contribution in [3.05, 3.63) is 65.2 Å². The molecule has 0 bridgehead atoms. The highest BCUT2D eigenvalue weighted by Crippen LogP contribution is 2.29. The maximum atomic E-state index is 12.4. The van der Waals surface area contributed by atoms with Gasteiger partial charge in [0.15, 0.2) is 23.9 Å². The Morgan fingerprint density at radius 2 is 1.78 bits per heavy atom. The fourth-order valence-corrected chi connectivity index (χ4v) is 2.40. The number of carbonyl (C=O) groups excluding carboxylic acids is 2. The summed E-state index contributed by atoms with van der Waals surface area (Å²) in [6.07, 6.45) is 3.29. The minimum absolute atomic E-state index is 0.0528. The molecule has 0 radical (unpaired) electrons. The lowest BCUT2D eigenvalue weighted by Gasteiger charge is -2.14. The number of ketones is 1. The maximum absolute atomic E-state index is 12.4. The molecular weight excluding hydrogens is 342 g/mol. The average Bonchev–Trinajstić information content (AvgIpc) is 2.65. The number of hydrogen-bond donors (Lipinski definition) is 0. The van der Waals surface area contributed by atoms with Gasteiger partial charge in [0.05, 0.1) is 6.61 Å². The Morgan fingerprint density at radius 1 is 1.04 bits per heavy atom. The first-order chi connectivity index (χ1) is 12.9. The van der Waals surface area contributed by atoms with Crippen LogP contribution in [0.15, 0.2) is 48.5 Å². The van der Waals surface area contributed by atoms with Crippen LogP contribution in [0.5, 0.6) is 11.5 Å². The van der Waals surface area contributed by atoms with Gasteiger partial charge >= 0.3 is 0 Å². The van der Waals surface area contributed by atoms with Crippen molar-refractivity contribution >= 4 is 17.8 Å². The second kappa shape index (κ2) is 9.57. The summed E-state index contributed by atoms with van der Waals surface area (Å²) >= 11 is 0. The van der Waals surface area contributed by atoms with Crippen LogP contribution in [0.4, 0.5) is 0 Å². The monoisotopic (exact) mass is 367 g/mol. The molecule has 0 fully saturated rings. The highest BCUT2D eigenvalue weighted by atomic mass is 16.5. The first kappa shape index (κ1) is 20.2. The number of rotatable bonds is 8. The van der Waals surface area contributed by atoms with Crippen LogP contribution in [0.1, 0.15) is 28.4 Å². The Hall–Kier alpha value is -3.08. The summed E-state index contributed by atoms with van der Waals surface area (Å²) in [6.45, 7) is 4.19.